The maximum atomic E-state index is 12.5. The summed E-state index contributed by atoms with van der Waals surface area (Å²) < 4.78 is 0. The average Bonchev–Trinajstić information content (AvgIpc) is 3.45. The highest BCUT2D eigenvalue weighted by molar-refractivity contribution is 8.00. The number of H-pyrrole nitrogens is 2. The van der Waals surface area contributed by atoms with Gasteiger partial charge in [0.15, 0.2) is 10.3 Å². The molecule has 2 heterocycles. The van der Waals surface area contributed by atoms with Crippen LogP contribution in [0, 0.1) is 13.8 Å². The van der Waals surface area contributed by atoms with E-state index in [1.165, 1.54) is 23.5 Å². The van der Waals surface area contributed by atoms with E-state index in [1.807, 2.05) is 50.2 Å². The first-order chi connectivity index (χ1) is 17.8. The van der Waals surface area contributed by atoms with Crippen LogP contribution in [0.3, 0.4) is 0 Å². The fourth-order valence-corrected chi connectivity index (χ4v) is 5.28. The van der Waals surface area contributed by atoms with Crippen LogP contribution in [-0.4, -0.2) is 43.3 Å². The van der Waals surface area contributed by atoms with Crippen LogP contribution in [0.4, 0.5) is 11.4 Å². The number of imidazole rings is 2. The van der Waals surface area contributed by atoms with E-state index in [0.717, 1.165) is 33.2 Å². The number of benzene rings is 3. The molecule has 0 fully saturated rings. The summed E-state index contributed by atoms with van der Waals surface area (Å²) in [7, 11) is 0. The Hall–Kier alpha value is -3.47. The van der Waals surface area contributed by atoms with Crippen molar-refractivity contribution in [1.82, 2.24) is 19.9 Å². The number of anilines is 2. The first-order valence-corrected chi connectivity index (χ1v) is 13.7. The van der Waals surface area contributed by atoms with Crippen molar-refractivity contribution in [3.05, 3.63) is 70.7 Å². The number of carbonyl (C=O) groups excluding carboxylic acids is 2. The van der Waals surface area contributed by atoms with Gasteiger partial charge < -0.3 is 20.6 Å². The van der Waals surface area contributed by atoms with Crippen molar-refractivity contribution in [3.8, 4) is 0 Å². The molecule has 0 spiro atoms. The van der Waals surface area contributed by atoms with Crippen LogP contribution in [0.25, 0.3) is 22.1 Å². The van der Waals surface area contributed by atoms with E-state index in [-0.39, 0.29) is 23.3 Å². The first-order valence-electron chi connectivity index (χ1n) is 11.4. The zero-order chi connectivity index (χ0) is 25.9. The lowest BCUT2D eigenvalue weighted by molar-refractivity contribution is -0.114. The number of hydrogen-bond acceptors (Lipinski definition) is 6. The molecule has 0 atom stereocenters. The zero-order valence-electron chi connectivity index (χ0n) is 20.0. The number of fused-ring (bicyclic) bond motifs is 2. The van der Waals surface area contributed by atoms with Crippen molar-refractivity contribution in [1.29, 1.82) is 0 Å². The van der Waals surface area contributed by atoms with Gasteiger partial charge in [-0.3, -0.25) is 9.59 Å². The number of amides is 2. The predicted octanol–water partition coefficient (Wildman–Crippen LogP) is 6.17. The van der Waals surface area contributed by atoms with E-state index in [4.69, 9.17) is 11.6 Å². The molecule has 0 saturated heterocycles. The Morgan fingerprint density at radius 1 is 0.784 bits per heavy atom. The topological polar surface area (TPSA) is 116 Å². The molecule has 0 aliphatic carbocycles. The number of carbonyl (C=O) groups is 2. The van der Waals surface area contributed by atoms with E-state index in [2.05, 4.69) is 30.6 Å². The minimum Gasteiger partial charge on any atom is -0.333 e. The largest absolute Gasteiger partial charge is 0.333 e. The highest BCUT2D eigenvalue weighted by Crippen LogP contribution is 2.27. The molecule has 4 N–H and O–H groups in total. The number of aromatic amines is 2. The van der Waals surface area contributed by atoms with Gasteiger partial charge in [0.2, 0.25) is 11.8 Å². The molecule has 0 saturated carbocycles. The van der Waals surface area contributed by atoms with Crippen molar-refractivity contribution in [2.45, 2.75) is 24.2 Å². The molecule has 5 aromatic rings. The van der Waals surface area contributed by atoms with Crippen LogP contribution in [0.1, 0.15) is 11.1 Å². The fourth-order valence-electron chi connectivity index (χ4n) is 3.68. The molecule has 0 bridgehead atoms. The van der Waals surface area contributed by atoms with Crippen molar-refractivity contribution in [2.24, 2.45) is 0 Å². The third-order valence-corrected chi connectivity index (χ3v) is 7.50. The second-order valence-electron chi connectivity index (χ2n) is 8.49. The molecule has 11 heteroatoms. The first kappa shape index (κ1) is 25.2. The Labute approximate surface area is 226 Å². The van der Waals surface area contributed by atoms with E-state index in [1.54, 1.807) is 18.2 Å². The SMILES string of the molecule is Cc1ccc2nc(SCC(=O)Nc3ccc(NC(=O)CSc4nc5ccc(C)cc5[nH]4)c(Cl)c3)[nH]c2c1. The van der Waals surface area contributed by atoms with Crippen LogP contribution in [-0.2, 0) is 9.59 Å². The molecule has 5 rings (SSSR count). The molecule has 0 radical (unpaired) electrons. The minimum absolute atomic E-state index is 0.173. The van der Waals surface area contributed by atoms with E-state index < -0.39 is 0 Å². The Morgan fingerprint density at radius 3 is 1.86 bits per heavy atom. The summed E-state index contributed by atoms with van der Waals surface area (Å²) in [4.78, 5) is 40.3. The van der Waals surface area contributed by atoms with Crippen LogP contribution < -0.4 is 10.6 Å². The summed E-state index contributed by atoms with van der Waals surface area (Å²) in [6.45, 7) is 4.04. The van der Waals surface area contributed by atoms with Crippen LogP contribution in [0.2, 0.25) is 5.02 Å². The van der Waals surface area contributed by atoms with Gasteiger partial charge in [-0.15, -0.1) is 0 Å². The molecule has 0 aliphatic rings. The van der Waals surface area contributed by atoms with Crippen molar-refractivity contribution >= 4 is 80.4 Å². The van der Waals surface area contributed by atoms with Crippen LogP contribution in [0.5, 0.6) is 0 Å². The number of rotatable bonds is 8. The summed E-state index contributed by atoms with van der Waals surface area (Å²) in [6.07, 6.45) is 0. The number of aryl methyl sites for hydroxylation is 2. The van der Waals surface area contributed by atoms with Crippen molar-refractivity contribution in [2.75, 3.05) is 22.1 Å². The molecule has 37 heavy (non-hydrogen) atoms. The van der Waals surface area contributed by atoms with Gasteiger partial charge in [0, 0.05) is 5.69 Å². The molecule has 0 unspecified atom stereocenters. The van der Waals surface area contributed by atoms with Crippen molar-refractivity contribution < 1.29 is 9.59 Å². The number of nitrogens with zero attached hydrogens (tertiary/aromatic N) is 2. The average molecular weight is 551 g/mol. The Bertz CT molecular complexity index is 1630. The standard InChI is InChI=1S/C26H23ClN6O2S2/c1-14-3-6-19-21(9-14)32-25(30-19)36-12-23(34)28-16-5-8-18(17(27)11-16)29-24(35)13-37-26-31-20-7-4-15(2)10-22(20)33-26/h3-11H,12-13H2,1-2H3,(H,28,34)(H,29,35)(H,30,32)(H,31,33). The van der Waals surface area contributed by atoms with Gasteiger partial charge in [-0.2, -0.15) is 0 Å². The van der Waals surface area contributed by atoms with Gasteiger partial charge in [-0.05, 0) is 67.4 Å². The van der Waals surface area contributed by atoms with E-state index in [0.29, 0.717) is 26.7 Å². The Kier molecular flexibility index (Phi) is 7.40. The smallest absolute Gasteiger partial charge is 0.234 e. The molecule has 8 nitrogen and oxygen atoms in total. The summed E-state index contributed by atoms with van der Waals surface area (Å²) >= 11 is 9.00. The molecule has 3 aromatic carbocycles. The number of thioether (sulfide) groups is 2. The molecule has 2 aromatic heterocycles. The number of halogens is 1. The molecular weight excluding hydrogens is 528 g/mol. The lowest BCUT2D eigenvalue weighted by atomic mass is 10.2. The summed E-state index contributed by atoms with van der Waals surface area (Å²) in [5, 5.41) is 7.32. The molecule has 0 aliphatic heterocycles. The number of hydrogen-bond donors (Lipinski definition) is 4. The second kappa shape index (κ2) is 10.9. The minimum atomic E-state index is -0.210. The van der Waals surface area contributed by atoms with Gasteiger partial charge in [0.1, 0.15) is 0 Å². The predicted molar refractivity (Wildman–Crippen MR) is 152 cm³/mol. The molecule has 188 valence electrons. The van der Waals surface area contributed by atoms with Gasteiger partial charge in [-0.1, -0.05) is 47.3 Å². The number of nitrogens with one attached hydrogen (secondary N) is 4. The monoisotopic (exact) mass is 550 g/mol. The lowest BCUT2D eigenvalue weighted by Crippen LogP contribution is -2.16. The quantitative estimate of drug-likeness (QED) is 0.172. The third-order valence-electron chi connectivity index (χ3n) is 5.44. The van der Waals surface area contributed by atoms with Gasteiger partial charge in [0.05, 0.1) is 44.3 Å². The second-order valence-corrected chi connectivity index (χ2v) is 10.8. The molecule has 2 amide bonds. The normalized spacial score (nSPS) is 11.2. The third kappa shape index (κ3) is 6.27. The highest BCUT2D eigenvalue weighted by Gasteiger charge is 2.12. The summed E-state index contributed by atoms with van der Waals surface area (Å²) in [6, 6.07) is 16.9. The van der Waals surface area contributed by atoms with Crippen LogP contribution in [0.15, 0.2) is 64.9 Å². The summed E-state index contributed by atoms with van der Waals surface area (Å²) in [5.74, 6) is -0.0376. The van der Waals surface area contributed by atoms with Crippen LogP contribution >= 0.6 is 35.1 Å². The van der Waals surface area contributed by atoms with Crippen molar-refractivity contribution in [3.63, 3.8) is 0 Å². The highest BCUT2D eigenvalue weighted by atomic mass is 35.5. The Balaban J connectivity index is 1.12. The van der Waals surface area contributed by atoms with Gasteiger partial charge in [0.25, 0.3) is 0 Å². The van der Waals surface area contributed by atoms with E-state index in [9.17, 15) is 9.59 Å². The lowest BCUT2D eigenvalue weighted by Gasteiger charge is -2.10. The van der Waals surface area contributed by atoms with Gasteiger partial charge in [-0.25, -0.2) is 9.97 Å². The Morgan fingerprint density at radius 2 is 1.32 bits per heavy atom. The zero-order valence-corrected chi connectivity index (χ0v) is 22.4. The van der Waals surface area contributed by atoms with E-state index >= 15 is 0 Å². The summed E-state index contributed by atoms with van der Waals surface area (Å²) in [5.41, 5.74) is 6.90. The number of aromatic nitrogens is 4. The van der Waals surface area contributed by atoms with Gasteiger partial charge >= 0.3 is 0 Å². The molecular formula is C26H23ClN6O2S2. The maximum Gasteiger partial charge on any atom is 0.234 e. The maximum absolute atomic E-state index is 12.5. The fraction of sp³-hybridized carbons (Fsp3) is 0.154.